The van der Waals surface area contributed by atoms with E-state index in [2.05, 4.69) is 11.9 Å². The Morgan fingerprint density at radius 1 is 1.08 bits per heavy atom. The van der Waals surface area contributed by atoms with Crippen LogP contribution in [0.15, 0.2) is 61.2 Å². The number of nitrogens with zero attached hydrogens (tertiary/aromatic N) is 1. The Hall–Kier alpha value is -2.88. The molecule has 1 atom stereocenters. The predicted molar refractivity (Wildman–Crippen MR) is 94.1 cm³/mol. The molecule has 2 aromatic rings. The maximum absolute atomic E-state index is 12.4. The molecule has 4 nitrogen and oxygen atoms in total. The van der Waals surface area contributed by atoms with Gasteiger partial charge in [-0.05, 0) is 18.6 Å². The van der Waals surface area contributed by atoms with Crippen LogP contribution < -0.4 is 5.32 Å². The van der Waals surface area contributed by atoms with Crippen LogP contribution in [0.25, 0.3) is 5.70 Å². The van der Waals surface area contributed by atoms with E-state index in [-0.39, 0.29) is 24.3 Å². The highest BCUT2D eigenvalue weighted by Crippen LogP contribution is 2.31. The van der Waals surface area contributed by atoms with Gasteiger partial charge in [0.15, 0.2) is 0 Å². The number of carbonyl (C=O) groups excluding carboxylic acids is 2. The molecule has 0 aromatic heterocycles. The molecule has 0 bridgehead atoms. The minimum absolute atomic E-state index is 0.0617. The van der Waals surface area contributed by atoms with Crippen molar-refractivity contribution in [3.8, 4) is 0 Å². The highest BCUT2D eigenvalue weighted by molar-refractivity contribution is 6.08. The lowest BCUT2D eigenvalue weighted by Gasteiger charge is -2.19. The molecule has 24 heavy (non-hydrogen) atoms. The number of hydrogen-bond donors (Lipinski definition) is 1. The van der Waals surface area contributed by atoms with Gasteiger partial charge in [0, 0.05) is 29.8 Å². The molecule has 0 fully saturated rings. The first-order valence-electron chi connectivity index (χ1n) is 8.02. The smallest absolute Gasteiger partial charge is 0.258 e. The second kappa shape index (κ2) is 6.71. The number of nitrogens with one attached hydrogen (secondary N) is 1. The van der Waals surface area contributed by atoms with E-state index >= 15 is 0 Å². The molecule has 1 N–H and O–H groups in total. The van der Waals surface area contributed by atoms with Gasteiger partial charge < -0.3 is 10.2 Å². The van der Waals surface area contributed by atoms with E-state index in [0.29, 0.717) is 17.8 Å². The number of benzene rings is 2. The van der Waals surface area contributed by atoms with Crippen molar-refractivity contribution in [2.24, 2.45) is 0 Å². The Labute approximate surface area is 141 Å². The Bertz CT molecular complexity index is 748. The number of rotatable bonds is 5. The highest BCUT2D eigenvalue weighted by Gasteiger charge is 2.30. The molecule has 3 rings (SSSR count). The summed E-state index contributed by atoms with van der Waals surface area (Å²) in [6.45, 7) is 6.27. The third kappa shape index (κ3) is 3.08. The van der Waals surface area contributed by atoms with Gasteiger partial charge >= 0.3 is 0 Å². The lowest BCUT2D eigenvalue weighted by molar-refractivity contribution is -0.121. The normalized spacial score (nSPS) is 14.5. The van der Waals surface area contributed by atoms with E-state index in [4.69, 9.17) is 0 Å². The highest BCUT2D eigenvalue weighted by atomic mass is 16.2. The second-order valence-corrected chi connectivity index (χ2v) is 5.90. The minimum atomic E-state index is -0.0838. The minimum Gasteiger partial charge on any atom is -0.350 e. The van der Waals surface area contributed by atoms with E-state index in [9.17, 15) is 9.59 Å². The zero-order valence-electron chi connectivity index (χ0n) is 13.7. The zero-order chi connectivity index (χ0) is 17.1. The Balaban J connectivity index is 1.58. The molecule has 122 valence electrons. The quantitative estimate of drug-likeness (QED) is 0.918. The monoisotopic (exact) mass is 320 g/mol. The van der Waals surface area contributed by atoms with Crippen LogP contribution in [0.1, 0.15) is 40.9 Å². The molecule has 1 unspecified atom stereocenters. The van der Waals surface area contributed by atoms with Crippen LogP contribution in [0.2, 0.25) is 0 Å². The molecular weight excluding hydrogens is 300 g/mol. The number of amides is 2. The van der Waals surface area contributed by atoms with Crippen molar-refractivity contribution in [1.29, 1.82) is 0 Å². The van der Waals surface area contributed by atoms with Crippen LogP contribution in [0.3, 0.4) is 0 Å². The lowest BCUT2D eigenvalue weighted by atomic mass is 10.1. The van der Waals surface area contributed by atoms with E-state index in [1.165, 1.54) is 0 Å². The third-order valence-electron chi connectivity index (χ3n) is 4.28. The van der Waals surface area contributed by atoms with Gasteiger partial charge in [0.05, 0.1) is 6.04 Å². The lowest BCUT2D eigenvalue weighted by Crippen LogP contribution is -2.32. The molecular formula is C20H20N2O2. The van der Waals surface area contributed by atoms with Crippen molar-refractivity contribution < 1.29 is 9.59 Å². The van der Waals surface area contributed by atoms with Gasteiger partial charge in [-0.1, -0.05) is 55.1 Å². The topological polar surface area (TPSA) is 49.4 Å². The first-order chi connectivity index (χ1) is 11.6. The van der Waals surface area contributed by atoms with Crippen molar-refractivity contribution in [2.45, 2.75) is 19.4 Å². The molecule has 1 heterocycles. The number of fused-ring (bicyclic) bond motifs is 1. The van der Waals surface area contributed by atoms with Crippen LogP contribution >= 0.6 is 0 Å². The van der Waals surface area contributed by atoms with Gasteiger partial charge in [0.1, 0.15) is 0 Å². The third-order valence-corrected chi connectivity index (χ3v) is 4.28. The fraction of sp³-hybridized carbons (Fsp3) is 0.200. The fourth-order valence-corrected chi connectivity index (χ4v) is 2.92. The molecule has 0 spiro atoms. The zero-order valence-corrected chi connectivity index (χ0v) is 13.7. The Morgan fingerprint density at radius 3 is 2.38 bits per heavy atom. The summed E-state index contributed by atoms with van der Waals surface area (Å²) in [5.74, 6) is -0.164. The Kier molecular flexibility index (Phi) is 4.47. The fourth-order valence-electron chi connectivity index (χ4n) is 2.92. The molecule has 0 radical (unpaired) electrons. The van der Waals surface area contributed by atoms with E-state index < -0.39 is 0 Å². The number of carbonyl (C=O) groups is 2. The van der Waals surface area contributed by atoms with Crippen molar-refractivity contribution in [1.82, 2.24) is 10.2 Å². The second-order valence-electron chi connectivity index (χ2n) is 5.90. The largest absolute Gasteiger partial charge is 0.350 e. The molecule has 2 aromatic carbocycles. The summed E-state index contributed by atoms with van der Waals surface area (Å²) >= 11 is 0. The Morgan fingerprint density at radius 2 is 1.71 bits per heavy atom. The van der Waals surface area contributed by atoms with Gasteiger partial charge in [-0.15, -0.1) is 0 Å². The summed E-state index contributed by atoms with van der Waals surface area (Å²) in [5.41, 5.74) is 3.22. The molecule has 0 aliphatic carbocycles. The maximum atomic E-state index is 12.4. The summed E-state index contributed by atoms with van der Waals surface area (Å²) in [6.07, 6.45) is 0.246. The molecule has 0 saturated carbocycles. The molecule has 1 aliphatic rings. The average Bonchev–Trinajstić information content (AvgIpc) is 2.85. The van der Waals surface area contributed by atoms with Crippen LogP contribution in [0.5, 0.6) is 0 Å². The van der Waals surface area contributed by atoms with Gasteiger partial charge in [0.25, 0.3) is 5.91 Å². The summed E-state index contributed by atoms with van der Waals surface area (Å²) in [4.78, 5) is 26.2. The van der Waals surface area contributed by atoms with Gasteiger partial charge in [-0.25, -0.2) is 0 Å². The van der Waals surface area contributed by atoms with Crippen molar-refractivity contribution in [2.75, 3.05) is 6.54 Å². The van der Waals surface area contributed by atoms with Crippen molar-refractivity contribution in [3.63, 3.8) is 0 Å². The van der Waals surface area contributed by atoms with Gasteiger partial charge in [-0.2, -0.15) is 0 Å². The van der Waals surface area contributed by atoms with Crippen molar-refractivity contribution in [3.05, 3.63) is 77.9 Å². The summed E-state index contributed by atoms with van der Waals surface area (Å²) < 4.78 is 0. The summed E-state index contributed by atoms with van der Waals surface area (Å²) in [5, 5.41) is 2.96. The van der Waals surface area contributed by atoms with Crippen LogP contribution in [0, 0.1) is 0 Å². The van der Waals surface area contributed by atoms with Crippen molar-refractivity contribution >= 4 is 17.5 Å². The first kappa shape index (κ1) is 16.0. The number of hydrogen-bond acceptors (Lipinski definition) is 2. The average molecular weight is 320 g/mol. The first-order valence-corrected chi connectivity index (χ1v) is 8.02. The standard InChI is InChI=1S/C20H20N2O2/c1-14(16-8-4-3-5-9-16)21-19(23)12-13-22-15(2)17-10-6-7-11-18(17)20(22)24/h3-11,14H,2,12-13H2,1H3,(H,21,23). The summed E-state index contributed by atoms with van der Waals surface area (Å²) in [7, 11) is 0. The van der Waals surface area contributed by atoms with E-state index in [0.717, 1.165) is 11.1 Å². The van der Waals surface area contributed by atoms with E-state index in [1.54, 1.807) is 11.0 Å². The van der Waals surface area contributed by atoms with Gasteiger partial charge in [-0.3, -0.25) is 9.59 Å². The van der Waals surface area contributed by atoms with Gasteiger partial charge in [0.2, 0.25) is 5.91 Å². The maximum Gasteiger partial charge on any atom is 0.258 e. The molecule has 1 aliphatic heterocycles. The van der Waals surface area contributed by atoms with E-state index in [1.807, 2.05) is 55.5 Å². The molecule has 4 heteroatoms. The molecule has 0 saturated heterocycles. The SMILES string of the molecule is C=C1c2ccccc2C(=O)N1CCC(=O)NC(C)c1ccccc1. The van der Waals surface area contributed by atoms with Crippen LogP contribution in [-0.4, -0.2) is 23.3 Å². The summed E-state index contributed by atoms with van der Waals surface area (Å²) in [6, 6.07) is 17.1. The van der Waals surface area contributed by atoms with Crippen LogP contribution in [0.4, 0.5) is 0 Å². The van der Waals surface area contributed by atoms with Crippen LogP contribution in [-0.2, 0) is 4.79 Å². The molecule has 2 amide bonds. The predicted octanol–water partition coefficient (Wildman–Crippen LogP) is 3.38.